The molecule has 2 amide bonds. The second kappa shape index (κ2) is 15.3. The molecule has 0 saturated heterocycles. The lowest BCUT2D eigenvalue weighted by Gasteiger charge is -2.17. The Hall–Kier alpha value is -3.56. The highest BCUT2D eigenvalue weighted by Crippen LogP contribution is 2.07. The third-order valence-corrected chi connectivity index (χ3v) is 4.37. The molecular formula is C23H32N2O8. The Balaban J connectivity index is 2.46. The molecule has 1 rings (SSSR count). The maximum absolute atomic E-state index is 12.0. The summed E-state index contributed by atoms with van der Waals surface area (Å²) in [4.78, 5) is 46.0. The molecule has 1 aromatic rings. The molecule has 0 radical (unpaired) electrons. The van der Waals surface area contributed by atoms with Crippen molar-refractivity contribution in [2.24, 2.45) is 0 Å². The van der Waals surface area contributed by atoms with Crippen molar-refractivity contribution in [2.45, 2.75) is 58.9 Å². The predicted molar refractivity (Wildman–Crippen MR) is 119 cm³/mol. The van der Waals surface area contributed by atoms with Gasteiger partial charge in [0.2, 0.25) is 0 Å². The van der Waals surface area contributed by atoms with Gasteiger partial charge in [0.1, 0.15) is 25.4 Å². The Morgan fingerprint density at radius 2 is 1.39 bits per heavy atom. The number of carbonyl (C=O) groups is 4. The molecule has 182 valence electrons. The number of nitrogens with one attached hydrogen (secondary N) is 2. The summed E-state index contributed by atoms with van der Waals surface area (Å²) in [6, 6.07) is 7.25. The van der Waals surface area contributed by atoms with Gasteiger partial charge >= 0.3 is 24.1 Å². The highest BCUT2D eigenvalue weighted by atomic mass is 16.6. The molecule has 10 heteroatoms. The van der Waals surface area contributed by atoms with Crippen molar-refractivity contribution in [1.29, 1.82) is 0 Å². The smallest absolute Gasteiger partial charge is 0.407 e. The van der Waals surface area contributed by atoms with E-state index in [2.05, 4.69) is 17.2 Å². The van der Waals surface area contributed by atoms with Gasteiger partial charge in [0, 0.05) is 26.1 Å². The van der Waals surface area contributed by atoms with Crippen LogP contribution in [0.5, 0.6) is 0 Å². The zero-order valence-electron chi connectivity index (χ0n) is 19.3. The van der Waals surface area contributed by atoms with Crippen molar-refractivity contribution >= 4 is 24.1 Å². The van der Waals surface area contributed by atoms with E-state index in [-0.39, 0.29) is 26.3 Å². The first-order valence-corrected chi connectivity index (χ1v) is 10.7. The molecule has 0 aliphatic rings. The van der Waals surface area contributed by atoms with Crippen molar-refractivity contribution in [2.75, 3.05) is 13.2 Å². The van der Waals surface area contributed by atoms with Crippen LogP contribution in [0, 0.1) is 0 Å². The summed E-state index contributed by atoms with van der Waals surface area (Å²) in [6.07, 6.45) is -0.321. The van der Waals surface area contributed by atoms with Gasteiger partial charge in [-0.05, 0) is 24.0 Å². The molecule has 0 aromatic heterocycles. The molecule has 0 bridgehead atoms. The maximum atomic E-state index is 12.0. The molecular weight excluding hydrogens is 432 g/mol. The van der Waals surface area contributed by atoms with Crippen LogP contribution >= 0.6 is 0 Å². The summed E-state index contributed by atoms with van der Waals surface area (Å²) in [5, 5.41) is 5.28. The van der Waals surface area contributed by atoms with E-state index in [0.29, 0.717) is 12.8 Å². The molecule has 33 heavy (non-hydrogen) atoms. The lowest BCUT2D eigenvalue weighted by atomic mass is 10.1. The van der Waals surface area contributed by atoms with Gasteiger partial charge in [-0.1, -0.05) is 44.7 Å². The second-order valence-electron chi connectivity index (χ2n) is 7.03. The number of amides is 2. The highest BCUT2D eigenvalue weighted by Gasteiger charge is 2.15. The Bertz CT molecular complexity index is 811. The fraction of sp³-hybridized carbons (Fsp3) is 0.478. The number of alkyl carbamates (subject to hydrolysis) is 2. The minimum atomic E-state index is -0.637. The average molecular weight is 465 g/mol. The van der Waals surface area contributed by atoms with Crippen LogP contribution in [0.15, 0.2) is 36.9 Å². The van der Waals surface area contributed by atoms with Gasteiger partial charge in [0.15, 0.2) is 0 Å². The third kappa shape index (κ3) is 12.2. The van der Waals surface area contributed by atoms with E-state index in [1.165, 1.54) is 6.92 Å². The van der Waals surface area contributed by atoms with Gasteiger partial charge in [0.05, 0.1) is 0 Å². The number of ether oxygens (including phenoxy) is 4. The van der Waals surface area contributed by atoms with Gasteiger partial charge in [0.25, 0.3) is 0 Å². The van der Waals surface area contributed by atoms with E-state index in [9.17, 15) is 19.2 Å². The van der Waals surface area contributed by atoms with E-state index >= 15 is 0 Å². The zero-order valence-corrected chi connectivity index (χ0v) is 19.3. The summed E-state index contributed by atoms with van der Waals surface area (Å²) in [7, 11) is 0. The van der Waals surface area contributed by atoms with Crippen LogP contribution in [0.4, 0.5) is 9.59 Å². The normalized spacial score (nSPS) is 12.0. The van der Waals surface area contributed by atoms with E-state index in [1.54, 1.807) is 13.0 Å². The van der Waals surface area contributed by atoms with Gasteiger partial charge in [-0.3, -0.25) is 4.79 Å². The molecule has 0 spiro atoms. The summed E-state index contributed by atoms with van der Waals surface area (Å²) in [5.41, 5.74) is 1.60. The Labute approximate surface area is 193 Å². The number of benzene rings is 1. The molecule has 2 N–H and O–H groups in total. The molecule has 0 aliphatic heterocycles. The largest absolute Gasteiger partial charge is 0.462 e. The Morgan fingerprint density at radius 3 is 1.82 bits per heavy atom. The van der Waals surface area contributed by atoms with Gasteiger partial charge in [-0.15, -0.1) is 0 Å². The van der Waals surface area contributed by atoms with Crippen LogP contribution in [0.1, 0.15) is 44.7 Å². The highest BCUT2D eigenvalue weighted by molar-refractivity contribution is 5.81. The van der Waals surface area contributed by atoms with E-state index < -0.39 is 36.3 Å². The quantitative estimate of drug-likeness (QED) is 0.259. The van der Waals surface area contributed by atoms with Crippen molar-refractivity contribution in [3.8, 4) is 0 Å². The summed E-state index contributed by atoms with van der Waals surface area (Å²) < 4.78 is 20.2. The van der Waals surface area contributed by atoms with Crippen LogP contribution in [-0.4, -0.2) is 49.5 Å². The van der Waals surface area contributed by atoms with E-state index in [4.69, 9.17) is 18.9 Å². The number of rotatable bonds is 13. The van der Waals surface area contributed by atoms with E-state index in [1.807, 2.05) is 25.1 Å². The molecule has 2 atom stereocenters. The van der Waals surface area contributed by atoms with Crippen LogP contribution in [0.25, 0.3) is 0 Å². The first-order valence-electron chi connectivity index (χ1n) is 10.7. The fourth-order valence-corrected chi connectivity index (χ4v) is 2.50. The molecule has 0 heterocycles. The number of hydrogen-bond acceptors (Lipinski definition) is 8. The van der Waals surface area contributed by atoms with Crippen molar-refractivity contribution < 1.29 is 38.1 Å². The lowest BCUT2D eigenvalue weighted by molar-refractivity contribution is -0.144. The first-order chi connectivity index (χ1) is 15.8. The molecule has 10 nitrogen and oxygen atoms in total. The topological polar surface area (TPSA) is 129 Å². The zero-order chi connectivity index (χ0) is 24.6. The molecule has 0 aliphatic carbocycles. The molecule has 2 unspecified atom stereocenters. The molecule has 0 fully saturated rings. The number of hydrogen-bond donors (Lipinski definition) is 2. The lowest BCUT2D eigenvalue weighted by Crippen LogP contribution is -2.31. The van der Waals surface area contributed by atoms with E-state index in [0.717, 1.165) is 17.2 Å². The van der Waals surface area contributed by atoms with Gasteiger partial charge in [-0.2, -0.15) is 0 Å². The summed E-state index contributed by atoms with van der Waals surface area (Å²) in [5.74, 6) is -1.02. The summed E-state index contributed by atoms with van der Waals surface area (Å²) >= 11 is 0. The molecule has 0 saturated carbocycles. The van der Waals surface area contributed by atoms with Crippen molar-refractivity contribution in [3.05, 3.63) is 48.0 Å². The number of carbonyl (C=O) groups excluding carboxylic acids is 4. The fourth-order valence-electron chi connectivity index (χ4n) is 2.50. The minimum absolute atomic E-state index is 0.00604. The standard InChI is InChI=1S/C23H32N2O8/c1-5-19(14-30-16(4)26)32-22(28)24-12-17-9-8-10-18(11-17)13-25-23(29)33-20(6-2)15-31-21(27)7-3/h7-11,19-20H,3,5-6,12-15H2,1-2,4H3,(H,24,28)(H,25,29). The van der Waals surface area contributed by atoms with Crippen LogP contribution in [0.3, 0.4) is 0 Å². The first kappa shape index (κ1) is 27.5. The summed E-state index contributed by atoms with van der Waals surface area (Å²) in [6.45, 7) is 8.60. The SMILES string of the molecule is C=CC(=O)OCC(CC)OC(=O)NCc1cccc(CNC(=O)OC(CC)COC(C)=O)c1. The maximum Gasteiger partial charge on any atom is 0.407 e. The van der Waals surface area contributed by atoms with Crippen molar-refractivity contribution in [3.63, 3.8) is 0 Å². The Morgan fingerprint density at radius 1 is 0.909 bits per heavy atom. The predicted octanol–water partition coefficient (Wildman–Crippen LogP) is 2.99. The number of esters is 2. The monoisotopic (exact) mass is 464 g/mol. The minimum Gasteiger partial charge on any atom is -0.462 e. The second-order valence-corrected chi connectivity index (χ2v) is 7.03. The van der Waals surface area contributed by atoms with Gasteiger partial charge in [-0.25, -0.2) is 14.4 Å². The van der Waals surface area contributed by atoms with Crippen molar-refractivity contribution in [1.82, 2.24) is 10.6 Å². The third-order valence-electron chi connectivity index (χ3n) is 4.37. The average Bonchev–Trinajstić information content (AvgIpc) is 2.81. The Kier molecular flexibility index (Phi) is 12.7. The van der Waals surface area contributed by atoms with Gasteiger partial charge < -0.3 is 29.6 Å². The molecule has 1 aromatic carbocycles. The van der Waals surface area contributed by atoms with Crippen LogP contribution in [-0.2, 0) is 41.6 Å². The van der Waals surface area contributed by atoms with Crippen LogP contribution < -0.4 is 10.6 Å². The van der Waals surface area contributed by atoms with Crippen LogP contribution in [0.2, 0.25) is 0 Å².